The van der Waals surface area contributed by atoms with Gasteiger partial charge in [-0.3, -0.25) is 0 Å². The minimum atomic E-state index is -0.530. The Morgan fingerprint density at radius 1 is 1.10 bits per heavy atom. The van der Waals surface area contributed by atoms with E-state index in [1.165, 1.54) is 6.33 Å². The lowest BCUT2D eigenvalue weighted by Gasteiger charge is -2.14. The monoisotopic (exact) mass is 278 g/mol. The third kappa shape index (κ3) is 3.01. The SMILES string of the molecule is CCNc1ncnc(Nc2cc(F)ccc2F)c1CC. The second-order valence-corrected chi connectivity index (χ2v) is 4.18. The summed E-state index contributed by atoms with van der Waals surface area (Å²) in [5.41, 5.74) is 0.888. The molecule has 0 aliphatic heterocycles. The summed E-state index contributed by atoms with van der Waals surface area (Å²) in [6, 6.07) is 3.25. The molecule has 0 bridgehead atoms. The smallest absolute Gasteiger partial charge is 0.146 e. The lowest BCUT2D eigenvalue weighted by molar-refractivity contribution is 0.603. The molecule has 106 valence electrons. The van der Waals surface area contributed by atoms with Gasteiger partial charge in [-0.25, -0.2) is 18.7 Å². The third-order valence-corrected chi connectivity index (χ3v) is 2.82. The van der Waals surface area contributed by atoms with Gasteiger partial charge in [0.05, 0.1) is 5.69 Å². The molecule has 2 aromatic rings. The van der Waals surface area contributed by atoms with E-state index < -0.39 is 11.6 Å². The number of aromatic nitrogens is 2. The molecule has 6 heteroatoms. The maximum atomic E-state index is 13.7. The average Bonchev–Trinajstić information content (AvgIpc) is 2.43. The molecule has 0 atom stereocenters. The molecule has 0 amide bonds. The molecule has 0 saturated carbocycles. The Morgan fingerprint density at radius 2 is 1.85 bits per heavy atom. The molecule has 0 radical (unpaired) electrons. The molecular weight excluding hydrogens is 262 g/mol. The van der Waals surface area contributed by atoms with Gasteiger partial charge in [-0.05, 0) is 25.5 Å². The van der Waals surface area contributed by atoms with Gasteiger partial charge in [-0.2, -0.15) is 0 Å². The minimum Gasteiger partial charge on any atom is -0.370 e. The molecule has 2 N–H and O–H groups in total. The summed E-state index contributed by atoms with van der Waals surface area (Å²) < 4.78 is 26.8. The average molecular weight is 278 g/mol. The highest BCUT2D eigenvalue weighted by Gasteiger charge is 2.11. The van der Waals surface area contributed by atoms with Gasteiger partial charge in [-0.1, -0.05) is 6.92 Å². The van der Waals surface area contributed by atoms with E-state index in [1.54, 1.807) is 0 Å². The number of anilines is 3. The maximum absolute atomic E-state index is 13.7. The summed E-state index contributed by atoms with van der Waals surface area (Å²) in [6.45, 7) is 4.63. The third-order valence-electron chi connectivity index (χ3n) is 2.82. The van der Waals surface area contributed by atoms with Crippen LogP contribution in [-0.2, 0) is 6.42 Å². The first kappa shape index (κ1) is 14.2. The Kier molecular flexibility index (Phi) is 4.45. The van der Waals surface area contributed by atoms with E-state index >= 15 is 0 Å². The Hall–Kier alpha value is -2.24. The molecular formula is C14H16F2N4. The molecule has 0 spiro atoms. The molecule has 0 unspecified atom stereocenters. The predicted octanol–water partition coefficient (Wildman–Crippen LogP) is 3.49. The fraction of sp³-hybridized carbons (Fsp3) is 0.286. The fourth-order valence-corrected chi connectivity index (χ4v) is 1.90. The van der Waals surface area contributed by atoms with E-state index in [4.69, 9.17) is 0 Å². The van der Waals surface area contributed by atoms with Crippen LogP contribution >= 0.6 is 0 Å². The van der Waals surface area contributed by atoms with Crippen molar-refractivity contribution >= 4 is 17.3 Å². The quantitative estimate of drug-likeness (QED) is 0.879. The summed E-state index contributed by atoms with van der Waals surface area (Å²) in [7, 11) is 0. The van der Waals surface area contributed by atoms with Crippen LogP contribution in [-0.4, -0.2) is 16.5 Å². The van der Waals surface area contributed by atoms with Crippen LogP contribution < -0.4 is 10.6 Å². The summed E-state index contributed by atoms with van der Waals surface area (Å²) in [6.07, 6.45) is 2.05. The molecule has 2 rings (SSSR count). The van der Waals surface area contributed by atoms with Crippen LogP contribution in [0.2, 0.25) is 0 Å². The van der Waals surface area contributed by atoms with E-state index in [0.717, 1.165) is 30.3 Å². The Balaban J connectivity index is 2.37. The maximum Gasteiger partial charge on any atom is 0.146 e. The van der Waals surface area contributed by atoms with Gasteiger partial charge in [0, 0.05) is 18.2 Å². The van der Waals surface area contributed by atoms with Gasteiger partial charge in [-0.15, -0.1) is 0 Å². The first-order chi connectivity index (χ1) is 9.65. The minimum absolute atomic E-state index is 0.0563. The van der Waals surface area contributed by atoms with Crippen molar-refractivity contribution in [1.82, 2.24) is 9.97 Å². The van der Waals surface area contributed by atoms with E-state index in [1.807, 2.05) is 13.8 Å². The molecule has 0 saturated heterocycles. The van der Waals surface area contributed by atoms with Crippen LogP contribution in [0, 0.1) is 11.6 Å². The van der Waals surface area contributed by atoms with Crippen molar-refractivity contribution in [1.29, 1.82) is 0 Å². The Morgan fingerprint density at radius 3 is 2.55 bits per heavy atom. The van der Waals surface area contributed by atoms with E-state index in [2.05, 4.69) is 20.6 Å². The first-order valence-electron chi connectivity index (χ1n) is 6.45. The van der Waals surface area contributed by atoms with E-state index in [0.29, 0.717) is 18.1 Å². The fourth-order valence-electron chi connectivity index (χ4n) is 1.90. The van der Waals surface area contributed by atoms with Crippen LogP contribution in [0.15, 0.2) is 24.5 Å². The standard InChI is InChI=1S/C14H16F2N4/c1-3-10-13(17-4-2)18-8-19-14(10)20-12-7-9(15)5-6-11(12)16/h5-8H,3-4H2,1-2H3,(H2,17,18,19,20). The highest BCUT2D eigenvalue weighted by atomic mass is 19.1. The van der Waals surface area contributed by atoms with Crippen molar-refractivity contribution in [3.8, 4) is 0 Å². The van der Waals surface area contributed by atoms with Gasteiger partial charge >= 0.3 is 0 Å². The Bertz CT molecular complexity index is 602. The molecule has 1 aromatic heterocycles. The molecule has 0 aliphatic carbocycles. The first-order valence-corrected chi connectivity index (χ1v) is 6.45. The zero-order valence-electron chi connectivity index (χ0n) is 11.4. The normalized spacial score (nSPS) is 10.4. The van der Waals surface area contributed by atoms with E-state index in [-0.39, 0.29) is 5.69 Å². The summed E-state index contributed by atoms with van der Waals surface area (Å²) in [5.74, 6) is 0.136. The van der Waals surface area contributed by atoms with Gasteiger partial charge in [0.25, 0.3) is 0 Å². The molecule has 1 heterocycles. The van der Waals surface area contributed by atoms with Crippen LogP contribution in [0.3, 0.4) is 0 Å². The van der Waals surface area contributed by atoms with Crippen molar-refractivity contribution in [2.45, 2.75) is 20.3 Å². The number of nitrogens with zero attached hydrogens (tertiary/aromatic N) is 2. The second-order valence-electron chi connectivity index (χ2n) is 4.18. The van der Waals surface area contributed by atoms with Crippen LogP contribution in [0.1, 0.15) is 19.4 Å². The van der Waals surface area contributed by atoms with Crippen LogP contribution in [0.25, 0.3) is 0 Å². The zero-order chi connectivity index (χ0) is 14.5. The van der Waals surface area contributed by atoms with Gasteiger partial charge in [0.2, 0.25) is 0 Å². The largest absolute Gasteiger partial charge is 0.370 e. The number of nitrogens with one attached hydrogen (secondary N) is 2. The van der Waals surface area contributed by atoms with Crippen molar-refractivity contribution in [3.05, 3.63) is 41.7 Å². The Labute approximate surface area is 116 Å². The van der Waals surface area contributed by atoms with E-state index in [9.17, 15) is 8.78 Å². The van der Waals surface area contributed by atoms with Crippen LogP contribution in [0.4, 0.5) is 26.1 Å². The number of rotatable bonds is 5. The second kappa shape index (κ2) is 6.27. The predicted molar refractivity (Wildman–Crippen MR) is 75.2 cm³/mol. The molecule has 4 nitrogen and oxygen atoms in total. The lowest BCUT2D eigenvalue weighted by Crippen LogP contribution is -2.08. The number of benzene rings is 1. The van der Waals surface area contributed by atoms with Crippen molar-refractivity contribution in [3.63, 3.8) is 0 Å². The zero-order valence-corrected chi connectivity index (χ0v) is 11.4. The number of hydrogen-bond donors (Lipinski definition) is 2. The topological polar surface area (TPSA) is 49.8 Å². The summed E-state index contributed by atoms with van der Waals surface area (Å²) in [5, 5.41) is 5.95. The summed E-state index contributed by atoms with van der Waals surface area (Å²) >= 11 is 0. The highest BCUT2D eigenvalue weighted by molar-refractivity contribution is 5.65. The molecule has 1 aromatic carbocycles. The highest BCUT2D eigenvalue weighted by Crippen LogP contribution is 2.25. The van der Waals surface area contributed by atoms with Gasteiger partial charge < -0.3 is 10.6 Å². The van der Waals surface area contributed by atoms with Gasteiger partial charge in [0.1, 0.15) is 29.6 Å². The van der Waals surface area contributed by atoms with Crippen molar-refractivity contribution in [2.75, 3.05) is 17.2 Å². The molecule has 0 aliphatic rings. The number of hydrogen-bond acceptors (Lipinski definition) is 4. The lowest BCUT2D eigenvalue weighted by atomic mass is 10.2. The summed E-state index contributed by atoms with van der Waals surface area (Å²) in [4.78, 5) is 8.26. The van der Waals surface area contributed by atoms with Gasteiger partial charge in [0.15, 0.2) is 0 Å². The molecule has 0 fully saturated rings. The van der Waals surface area contributed by atoms with Crippen molar-refractivity contribution in [2.24, 2.45) is 0 Å². The van der Waals surface area contributed by atoms with Crippen molar-refractivity contribution < 1.29 is 8.78 Å². The van der Waals surface area contributed by atoms with Crippen LogP contribution in [0.5, 0.6) is 0 Å². The molecule has 20 heavy (non-hydrogen) atoms. The number of halogens is 2.